The van der Waals surface area contributed by atoms with E-state index in [9.17, 15) is 19.7 Å². The van der Waals surface area contributed by atoms with Gasteiger partial charge in [-0.25, -0.2) is 9.79 Å². The molecule has 1 saturated heterocycles. The molecule has 1 amide bonds. The van der Waals surface area contributed by atoms with Crippen LogP contribution in [-0.2, 0) is 9.53 Å². The van der Waals surface area contributed by atoms with Crippen LogP contribution in [0.2, 0.25) is 0 Å². The van der Waals surface area contributed by atoms with Crippen LogP contribution in [0, 0.1) is 10.1 Å². The molecule has 0 aliphatic carbocycles. The van der Waals surface area contributed by atoms with Crippen molar-refractivity contribution in [3.05, 3.63) is 93.1 Å². The van der Waals surface area contributed by atoms with E-state index in [4.69, 9.17) is 0 Å². The summed E-state index contributed by atoms with van der Waals surface area (Å²) in [5.41, 5.74) is 2.30. The number of hydrogen-bond donors (Lipinski definition) is 0. The number of nitrogens with zero attached hydrogens (tertiary/aromatic N) is 4. The van der Waals surface area contributed by atoms with Gasteiger partial charge in [0.15, 0.2) is 5.17 Å². The number of ether oxygens (including phenoxy) is 1. The van der Waals surface area contributed by atoms with Gasteiger partial charge in [-0.15, -0.1) is 0 Å². The van der Waals surface area contributed by atoms with Crippen molar-refractivity contribution in [2.45, 2.75) is 0 Å². The molecule has 1 aromatic heterocycles. The van der Waals surface area contributed by atoms with Crippen LogP contribution in [0.3, 0.4) is 0 Å². The Morgan fingerprint density at radius 1 is 1.15 bits per heavy atom. The van der Waals surface area contributed by atoms with Crippen molar-refractivity contribution in [3.8, 4) is 5.69 Å². The van der Waals surface area contributed by atoms with E-state index in [0.717, 1.165) is 0 Å². The van der Waals surface area contributed by atoms with Gasteiger partial charge in [0.1, 0.15) is 0 Å². The fourth-order valence-corrected chi connectivity index (χ4v) is 4.16. The molecule has 3 aromatic rings. The average Bonchev–Trinajstić information content (AvgIpc) is 3.39. The second-order valence-electron chi connectivity index (χ2n) is 6.99. The van der Waals surface area contributed by atoms with Gasteiger partial charge >= 0.3 is 5.97 Å². The van der Waals surface area contributed by atoms with Crippen LogP contribution in [0.1, 0.15) is 16.1 Å². The number of non-ortho nitro benzene ring substituents is 1. The monoisotopic (exact) mass is 462 g/mol. The van der Waals surface area contributed by atoms with E-state index in [1.807, 2.05) is 6.07 Å². The van der Waals surface area contributed by atoms with Crippen molar-refractivity contribution in [1.29, 1.82) is 0 Å². The third kappa shape index (κ3) is 4.55. The average molecular weight is 462 g/mol. The number of aromatic nitrogens is 1. The molecular weight excluding hydrogens is 444 g/mol. The van der Waals surface area contributed by atoms with Gasteiger partial charge in [0, 0.05) is 31.1 Å². The van der Waals surface area contributed by atoms with Gasteiger partial charge in [0.25, 0.3) is 11.6 Å². The Balaban J connectivity index is 1.61. The van der Waals surface area contributed by atoms with Crippen LogP contribution in [-0.4, -0.2) is 45.6 Å². The summed E-state index contributed by atoms with van der Waals surface area (Å²) in [6, 6.07) is 16.5. The Morgan fingerprint density at radius 3 is 2.61 bits per heavy atom. The lowest BCUT2D eigenvalue weighted by atomic mass is 10.2. The number of aliphatic imine (C=N–C) groups is 1. The minimum absolute atomic E-state index is 0.0153. The summed E-state index contributed by atoms with van der Waals surface area (Å²) in [5.74, 6) is -0.648. The Labute approximate surface area is 193 Å². The first-order chi connectivity index (χ1) is 15.9. The molecular formula is C23H18N4O5S. The molecule has 2 heterocycles. The highest BCUT2D eigenvalue weighted by molar-refractivity contribution is 8.18. The van der Waals surface area contributed by atoms with E-state index in [-0.39, 0.29) is 11.6 Å². The zero-order chi connectivity index (χ0) is 23.5. The van der Waals surface area contributed by atoms with Gasteiger partial charge in [-0.2, -0.15) is 0 Å². The number of rotatable bonds is 5. The highest BCUT2D eigenvalue weighted by Gasteiger charge is 2.30. The number of methoxy groups -OCH3 is 1. The van der Waals surface area contributed by atoms with E-state index in [2.05, 4.69) is 9.73 Å². The number of amidine groups is 1. The number of amides is 1. The molecule has 0 saturated carbocycles. The first kappa shape index (κ1) is 22.0. The number of carbonyl (C=O) groups is 2. The summed E-state index contributed by atoms with van der Waals surface area (Å²) in [4.78, 5) is 41.5. The van der Waals surface area contributed by atoms with Gasteiger partial charge in [-0.1, -0.05) is 6.07 Å². The third-order valence-corrected chi connectivity index (χ3v) is 5.95. The number of hydrogen-bond acceptors (Lipinski definition) is 7. The highest BCUT2D eigenvalue weighted by Crippen LogP contribution is 2.33. The van der Waals surface area contributed by atoms with Crippen molar-refractivity contribution in [1.82, 2.24) is 9.47 Å². The predicted octanol–water partition coefficient (Wildman–Crippen LogP) is 4.41. The molecule has 4 rings (SSSR count). The molecule has 0 atom stereocenters. The molecule has 10 heteroatoms. The summed E-state index contributed by atoms with van der Waals surface area (Å²) >= 11 is 1.22. The third-order valence-electron chi connectivity index (χ3n) is 4.89. The maximum absolute atomic E-state index is 12.8. The van der Waals surface area contributed by atoms with Crippen molar-refractivity contribution in [2.24, 2.45) is 4.99 Å². The van der Waals surface area contributed by atoms with Crippen LogP contribution in [0.25, 0.3) is 11.8 Å². The molecule has 1 fully saturated rings. The minimum atomic E-state index is -0.448. The molecule has 2 aromatic carbocycles. The molecule has 0 radical (unpaired) electrons. The molecule has 0 N–H and O–H groups in total. The Morgan fingerprint density at radius 2 is 1.91 bits per heavy atom. The smallest absolute Gasteiger partial charge is 0.337 e. The molecule has 9 nitrogen and oxygen atoms in total. The van der Waals surface area contributed by atoms with E-state index in [0.29, 0.717) is 32.7 Å². The summed E-state index contributed by atoms with van der Waals surface area (Å²) in [6.07, 6.45) is 3.50. The summed E-state index contributed by atoms with van der Waals surface area (Å²) in [7, 11) is 2.95. The standard InChI is InChI=1S/C23H18N4O5S/c1-25-21(28)20(33-23(25)24-16-10-8-15(9-11-16)22(29)32-2)14-18-7-4-12-26(18)17-5-3-6-19(13-17)27(30)31/h3-14H,1-2H3/b20-14+,24-23?. The summed E-state index contributed by atoms with van der Waals surface area (Å²) in [5, 5.41) is 11.6. The van der Waals surface area contributed by atoms with E-state index in [1.54, 1.807) is 66.4 Å². The molecule has 0 unspecified atom stereocenters. The largest absolute Gasteiger partial charge is 0.465 e. The van der Waals surface area contributed by atoms with Crippen molar-refractivity contribution in [2.75, 3.05) is 14.2 Å². The number of carbonyl (C=O) groups excluding carboxylic acids is 2. The first-order valence-corrected chi connectivity index (χ1v) is 10.6. The number of thioether (sulfide) groups is 1. The van der Waals surface area contributed by atoms with Gasteiger partial charge in [-0.3, -0.25) is 19.8 Å². The van der Waals surface area contributed by atoms with Gasteiger partial charge in [-0.05, 0) is 60.3 Å². The van der Waals surface area contributed by atoms with Crippen LogP contribution in [0.15, 0.2) is 76.8 Å². The molecule has 166 valence electrons. The van der Waals surface area contributed by atoms with Crippen molar-refractivity contribution in [3.63, 3.8) is 0 Å². The quantitative estimate of drug-likeness (QED) is 0.241. The number of nitro benzene ring substituents is 1. The van der Waals surface area contributed by atoms with Gasteiger partial charge < -0.3 is 9.30 Å². The molecule has 1 aliphatic rings. The second kappa shape index (κ2) is 9.13. The topological polar surface area (TPSA) is 107 Å². The minimum Gasteiger partial charge on any atom is -0.465 e. The zero-order valence-electron chi connectivity index (χ0n) is 17.7. The normalized spacial score (nSPS) is 15.9. The van der Waals surface area contributed by atoms with Crippen LogP contribution < -0.4 is 0 Å². The lowest BCUT2D eigenvalue weighted by Crippen LogP contribution is -2.23. The van der Waals surface area contributed by atoms with Crippen LogP contribution in [0.5, 0.6) is 0 Å². The van der Waals surface area contributed by atoms with E-state index < -0.39 is 10.9 Å². The van der Waals surface area contributed by atoms with E-state index >= 15 is 0 Å². The molecule has 33 heavy (non-hydrogen) atoms. The zero-order valence-corrected chi connectivity index (χ0v) is 18.5. The SMILES string of the molecule is COC(=O)c1ccc(N=C2S/C(=C/c3cccn3-c3cccc([N+](=O)[O-])c3)C(=O)N2C)cc1. The lowest BCUT2D eigenvalue weighted by molar-refractivity contribution is -0.384. The highest BCUT2D eigenvalue weighted by atomic mass is 32.2. The summed E-state index contributed by atoms with van der Waals surface area (Å²) < 4.78 is 6.46. The molecule has 1 aliphatic heterocycles. The number of nitro groups is 1. The Kier molecular flexibility index (Phi) is 6.09. The van der Waals surface area contributed by atoms with Gasteiger partial charge in [0.05, 0.1) is 33.9 Å². The maximum atomic E-state index is 12.8. The number of esters is 1. The summed E-state index contributed by atoms with van der Waals surface area (Å²) in [6.45, 7) is 0. The van der Waals surface area contributed by atoms with Crippen molar-refractivity contribution >= 4 is 46.3 Å². The molecule has 0 spiro atoms. The molecule has 0 bridgehead atoms. The Hall–Kier alpha value is -4.18. The van der Waals surface area contributed by atoms with Crippen LogP contribution >= 0.6 is 11.8 Å². The van der Waals surface area contributed by atoms with Crippen LogP contribution in [0.4, 0.5) is 11.4 Å². The van der Waals surface area contributed by atoms with Gasteiger partial charge in [0.2, 0.25) is 0 Å². The second-order valence-corrected chi connectivity index (χ2v) is 8.00. The number of benzene rings is 2. The Bertz CT molecular complexity index is 1310. The lowest BCUT2D eigenvalue weighted by Gasteiger charge is -2.07. The predicted molar refractivity (Wildman–Crippen MR) is 126 cm³/mol. The maximum Gasteiger partial charge on any atom is 0.337 e. The first-order valence-electron chi connectivity index (χ1n) is 9.74. The fraction of sp³-hybridized carbons (Fsp3) is 0.0870. The van der Waals surface area contributed by atoms with Crippen molar-refractivity contribution < 1.29 is 19.2 Å². The fourth-order valence-electron chi connectivity index (χ4n) is 3.19. The number of likely N-dealkylation sites (N-methyl/N-ethyl adjacent to an activating group) is 1. The van der Waals surface area contributed by atoms with E-state index in [1.165, 1.54) is 35.9 Å².